The summed E-state index contributed by atoms with van der Waals surface area (Å²) in [5, 5.41) is 11.5. The maximum absolute atomic E-state index is 13.6. The Morgan fingerprint density at radius 3 is 2.66 bits per heavy atom. The molecule has 35 heavy (non-hydrogen) atoms. The fourth-order valence-electron chi connectivity index (χ4n) is 4.75. The Hall–Kier alpha value is -3.84. The van der Waals surface area contributed by atoms with Crippen LogP contribution >= 0.6 is 11.8 Å². The Labute approximate surface area is 206 Å². The number of nitrogens with one attached hydrogen (secondary N) is 1. The zero-order valence-corrected chi connectivity index (χ0v) is 19.5. The summed E-state index contributed by atoms with van der Waals surface area (Å²) in [4.78, 5) is 56.2. The number of thioether (sulfide) groups is 1. The van der Waals surface area contributed by atoms with Gasteiger partial charge >= 0.3 is 5.97 Å². The van der Waals surface area contributed by atoms with Crippen LogP contribution in [0.1, 0.15) is 36.0 Å². The highest BCUT2D eigenvalue weighted by atomic mass is 32.2. The van der Waals surface area contributed by atoms with Gasteiger partial charge in [-0.1, -0.05) is 24.3 Å². The number of fused-ring (bicyclic) bond motifs is 3. The number of nitriles is 1. The average Bonchev–Trinajstić information content (AvgIpc) is 3.64. The van der Waals surface area contributed by atoms with Gasteiger partial charge in [-0.3, -0.25) is 19.3 Å². The molecule has 9 nitrogen and oxygen atoms in total. The van der Waals surface area contributed by atoms with Crippen molar-refractivity contribution in [3.8, 4) is 6.07 Å². The van der Waals surface area contributed by atoms with E-state index >= 15 is 0 Å². The molecule has 2 aromatic rings. The fourth-order valence-corrected chi connectivity index (χ4v) is 5.42. The average molecular weight is 491 g/mol. The van der Waals surface area contributed by atoms with Crippen molar-refractivity contribution in [3.63, 3.8) is 0 Å². The van der Waals surface area contributed by atoms with Crippen LogP contribution in [0.5, 0.6) is 0 Å². The van der Waals surface area contributed by atoms with E-state index in [0.29, 0.717) is 21.8 Å². The third kappa shape index (κ3) is 3.91. The molecule has 0 aromatic heterocycles. The highest BCUT2D eigenvalue weighted by molar-refractivity contribution is 7.99. The van der Waals surface area contributed by atoms with Gasteiger partial charge in [-0.25, -0.2) is 4.79 Å². The van der Waals surface area contributed by atoms with Crippen molar-refractivity contribution in [2.24, 2.45) is 0 Å². The molecule has 1 N–H and O–H groups in total. The highest BCUT2D eigenvalue weighted by Crippen LogP contribution is 2.49. The highest BCUT2D eigenvalue weighted by Gasteiger charge is 2.64. The van der Waals surface area contributed by atoms with Crippen molar-refractivity contribution >= 4 is 46.8 Å². The molecule has 3 aliphatic rings. The summed E-state index contributed by atoms with van der Waals surface area (Å²) in [5.41, 5.74) is -0.320. The fraction of sp³-hybridized carbons (Fsp3) is 0.320. The van der Waals surface area contributed by atoms with E-state index in [1.54, 1.807) is 48.5 Å². The first-order valence-corrected chi connectivity index (χ1v) is 12.3. The SMILES string of the molecule is N#CCSc1ccccc1NC(=O)COC(=O)C12CCC(=O)N1c1ccccc1C(=O)N2C1CC1. The van der Waals surface area contributed by atoms with Crippen LogP contribution in [0.25, 0.3) is 0 Å². The molecule has 0 radical (unpaired) electrons. The summed E-state index contributed by atoms with van der Waals surface area (Å²) in [6.07, 6.45) is 1.68. The van der Waals surface area contributed by atoms with Gasteiger partial charge in [-0.05, 0) is 37.1 Å². The predicted molar refractivity (Wildman–Crippen MR) is 127 cm³/mol. The monoisotopic (exact) mass is 490 g/mol. The molecule has 2 heterocycles. The number of amides is 3. The first-order valence-electron chi connectivity index (χ1n) is 11.3. The van der Waals surface area contributed by atoms with Crippen LogP contribution in [0.2, 0.25) is 0 Å². The van der Waals surface area contributed by atoms with Crippen LogP contribution < -0.4 is 10.2 Å². The molecular weight excluding hydrogens is 468 g/mol. The molecule has 1 atom stereocenters. The summed E-state index contributed by atoms with van der Waals surface area (Å²) >= 11 is 1.28. The number of nitrogens with zero attached hydrogens (tertiary/aromatic N) is 3. The Balaban J connectivity index is 1.38. The molecular formula is C25H22N4O5S. The van der Waals surface area contributed by atoms with Gasteiger partial charge < -0.3 is 15.0 Å². The Morgan fingerprint density at radius 1 is 1.14 bits per heavy atom. The minimum Gasteiger partial charge on any atom is -0.452 e. The molecule has 5 rings (SSSR count). The zero-order chi connectivity index (χ0) is 24.6. The van der Waals surface area contributed by atoms with Crippen LogP contribution in [0.15, 0.2) is 53.4 Å². The number of rotatable bonds is 7. The van der Waals surface area contributed by atoms with Gasteiger partial charge in [0.05, 0.1) is 28.8 Å². The first-order chi connectivity index (χ1) is 17.0. The number of benzene rings is 2. The molecule has 0 bridgehead atoms. The quantitative estimate of drug-likeness (QED) is 0.468. The van der Waals surface area contributed by atoms with E-state index in [4.69, 9.17) is 10.00 Å². The van der Waals surface area contributed by atoms with E-state index in [1.807, 2.05) is 6.07 Å². The van der Waals surface area contributed by atoms with E-state index in [1.165, 1.54) is 21.6 Å². The van der Waals surface area contributed by atoms with E-state index in [0.717, 1.165) is 12.8 Å². The lowest BCUT2D eigenvalue weighted by atomic mass is 9.96. The topological polar surface area (TPSA) is 120 Å². The molecule has 0 spiro atoms. The minimum absolute atomic E-state index is 0.0929. The van der Waals surface area contributed by atoms with Crippen molar-refractivity contribution < 1.29 is 23.9 Å². The number of carbonyl (C=O) groups is 4. The smallest absolute Gasteiger partial charge is 0.354 e. The second-order valence-electron chi connectivity index (χ2n) is 8.54. The van der Waals surface area contributed by atoms with Crippen molar-refractivity contribution in [1.82, 2.24) is 4.90 Å². The van der Waals surface area contributed by atoms with E-state index in [2.05, 4.69) is 5.32 Å². The Bertz CT molecular complexity index is 1270. The summed E-state index contributed by atoms with van der Waals surface area (Å²) < 4.78 is 5.46. The lowest BCUT2D eigenvalue weighted by Crippen LogP contribution is -2.69. The second kappa shape index (κ2) is 9.07. The molecule has 178 valence electrons. The van der Waals surface area contributed by atoms with Crippen LogP contribution in [-0.2, 0) is 19.1 Å². The van der Waals surface area contributed by atoms with E-state index in [9.17, 15) is 19.2 Å². The van der Waals surface area contributed by atoms with Crippen LogP contribution in [0, 0.1) is 11.3 Å². The lowest BCUT2D eigenvalue weighted by Gasteiger charge is -2.48. The van der Waals surface area contributed by atoms with Gasteiger partial charge in [0.2, 0.25) is 11.6 Å². The third-order valence-electron chi connectivity index (χ3n) is 6.33. The summed E-state index contributed by atoms with van der Waals surface area (Å²) in [6, 6.07) is 15.7. The number of carbonyl (C=O) groups excluding carboxylic acids is 4. The molecule has 2 fully saturated rings. The summed E-state index contributed by atoms with van der Waals surface area (Å²) in [6.45, 7) is -0.575. The Kier molecular flexibility index (Phi) is 5.94. The summed E-state index contributed by atoms with van der Waals surface area (Å²) in [7, 11) is 0. The van der Waals surface area contributed by atoms with Crippen LogP contribution in [0.4, 0.5) is 11.4 Å². The summed E-state index contributed by atoms with van der Waals surface area (Å²) in [5.74, 6) is -1.70. The van der Waals surface area contributed by atoms with Gasteiger partial charge in [0.1, 0.15) is 0 Å². The van der Waals surface area contributed by atoms with Crippen molar-refractivity contribution in [1.29, 1.82) is 5.26 Å². The second-order valence-corrected chi connectivity index (χ2v) is 9.55. The van der Waals surface area contributed by atoms with Gasteiger partial charge in [-0.2, -0.15) is 5.26 Å². The number of hydrogen-bond acceptors (Lipinski definition) is 7. The van der Waals surface area contributed by atoms with E-state index in [-0.39, 0.29) is 36.5 Å². The number of anilines is 2. The standard InChI is InChI=1S/C25H22N4O5S/c26-13-14-35-20-8-4-2-6-18(20)27-21(30)15-34-24(33)25-12-11-22(31)29(25)19-7-3-1-5-17(19)23(32)28(25)16-9-10-16/h1-8,16H,9-12,14-15H2,(H,27,30). The molecule has 2 aliphatic heterocycles. The maximum Gasteiger partial charge on any atom is 0.354 e. The van der Waals surface area contributed by atoms with Gasteiger partial charge in [-0.15, -0.1) is 11.8 Å². The maximum atomic E-state index is 13.6. The number of esters is 1. The van der Waals surface area contributed by atoms with Gasteiger partial charge in [0, 0.05) is 23.8 Å². The molecule has 2 aromatic carbocycles. The molecule has 1 unspecified atom stereocenters. The number of ether oxygens (including phenoxy) is 1. The normalized spacial score (nSPS) is 20.7. The molecule has 10 heteroatoms. The van der Waals surface area contributed by atoms with Crippen molar-refractivity contribution in [3.05, 3.63) is 54.1 Å². The van der Waals surface area contributed by atoms with Crippen molar-refractivity contribution in [2.75, 3.05) is 22.6 Å². The third-order valence-corrected chi connectivity index (χ3v) is 7.27. The minimum atomic E-state index is -1.59. The van der Waals surface area contributed by atoms with E-state index < -0.39 is 24.1 Å². The largest absolute Gasteiger partial charge is 0.452 e. The molecule has 3 amide bonds. The number of para-hydroxylation sites is 2. The molecule has 1 aliphatic carbocycles. The zero-order valence-electron chi connectivity index (χ0n) is 18.7. The van der Waals surface area contributed by atoms with Crippen molar-refractivity contribution in [2.45, 2.75) is 42.3 Å². The lowest BCUT2D eigenvalue weighted by molar-refractivity contribution is -0.159. The first kappa shape index (κ1) is 22.9. The van der Waals surface area contributed by atoms with Crippen LogP contribution in [-0.4, -0.2) is 52.7 Å². The Morgan fingerprint density at radius 2 is 1.89 bits per heavy atom. The van der Waals surface area contributed by atoms with Crippen LogP contribution in [0.3, 0.4) is 0 Å². The molecule has 1 saturated heterocycles. The predicted octanol–water partition coefficient (Wildman–Crippen LogP) is 2.93. The van der Waals surface area contributed by atoms with Gasteiger partial charge in [0.25, 0.3) is 11.8 Å². The molecule has 1 saturated carbocycles. The van der Waals surface area contributed by atoms with Gasteiger partial charge in [0.15, 0.2) is 6.61 Å². The number of hydrogen-bond donors (Lipinski definition) is 1.